The van der Waals surface area contributed by atoms with Crippen molar-refractivity contribution in [1.29, 1.82) is 5.26 Å². The summed E-state index contributed by atoms with van der Waals surface area (Å²) in [6.45, 7) is 16.1. The molecule has 0 fully saturated rings. The van der Waals surface area contributed by atoms with Crippen LogP contribution in [-0.2, 0) is 0 Å². The summed E-state index contributed by atoms with van der Waals surface area (Å²) in [5.41, 5.74) is 11.4. The van der Waals surface area contributed by atoms with Crippen LogP contribution in [0.15, 0.2) is 152 Å². The molecule has 0 saturated heterocycles. The van der Waals surface area contributed by atoms with Gasteiger partial charge in [0.05, 0.1) is 52.5 Å². The first kappa shape index (κ1) is 28.8. The molecule has 7 aromatic carbocycles. The van der Waals surface area contributed by atoms with E-state index >= 15 is 0 Å². The molecule has 0 aliphatic heterocycles. The summed E-state index contributed by atoms with van der Waals surface area (Å²) in [6, 6.07) is 53.2. The summed E-state index contributed by atoms with van der Waals surface area (Å²) >= 11 is 0. The molecule has 0 aliphatic rings. The van der Waals surface area contributed by atoms with Crippen LogP contribution in [0.1, 0.15) is 5.56 Å². The van der Waals surface area contributed by atoms with Crippen LogP contribution in [-0.4, -0.2) is 9.13 Å². The minimum absolute atomic E-state index is 0.551. The van der Waals surface area contributed by atoms with Gasteiger partial charge >= 0.3 is 0 Å². The zero-order valence-corrected chi connectivity index (χ0v) is 26.7. The number of nitrogens with zero attached hydrogens (tertiary/aromatic N) is 5. The van der Waals surface area contributed by atoms with Gasteiger partial charge in [0.1, 0.15) is 0 Å². The van der Waals surface area contributed by atoms with Crippen LogP contribution in [0.25, 0.3) is 86.9 Å². The Morgan fingerprint density at radius 3 is 1.82 bits per heavy atom. The second-order valence-corrected chi connectivity index (χ2v) is 12.2. The summed E-state index contributed by atoms with van der Waals surface area (Å²) < 4.78 is 4.42. The smallest absolute Gasteiger partial charge is 0.211 e. The number of para-hydroxylation sites is 4. The summed E-state index contributed by atoms with van der Waals surface area (Å²) in [5.74, 6) is 0. The van der Waals surface area contributed by atoms with Gasteiger partial charge in [-0.1, -0.05) is 103 Å². The predicted molar refractivity (Wildman–Crippen MR) is 203 cm³/mol. The Balaban J connectivity index is 1.25. The number of fused-ring (bicyclic) bond motifs is 6. The third-order valence-electron chi connectivity index (χ3n) is 9.61. The van der Waals surface area contributed by atoms with Crippen molar-refractivity contribution in [2.75, 3.05) is 0 Å². The van der Waals surface area contributed by atoms with E-state index in [0.717, 1.165) is 66.5 Å². The van der Waals surface area contributed by atoms with Crippen LogP contribution in [0, 0.1) is 24.5 Å². The number of hydrogen-bond acceptors (Lipinski definition) is 1. The van der Waals surface area contributed by atoms with E-state index in [4.69, 9.17) is 13.1 Å². The first-order valence-corrected chi connectivity index (χ1v) is 16.2. The minimum Gasteiger partial charge on any atom is -0.319 e. The molecular weight excluding hydrogens is 611 g/mol. The highest BCUT2D eigenvalue weighted by molar-refractivity contribution is 6.14. The molecule has 9 aromatic rings. The van der Waals surface area contributed by atoms with Crippen molar-refractivity contribution in [1.82, 2.24) is 9.13 Å². The predicted octanol–water partition coefficient (Wildman–Crippen LogP) is 12.2. The monoisotopic (exact) mass is 635 g/mol. The zero-order valence-electron chi connectivity index (χ0n) is 26.7. The lowest BCUT2D eigenvalue weighted by molar-refractivity contribution is 1.18. The maximum Gasteiger partial charge on any atom is 0.211 e. The quantitative estimate of drug-likeness (QED) is 0.177. The minimum atomic E-state index is 0.551. The highest BCUT2D eigenvalue weighted by Crippen LogP contribution is 2.45. The molecule has 0 spiro atoms. The molecule has 2 heterocycles. The third kappa shape index (κ3) is 4.24. The highest BCUT2D eigenvalue weighted by atomic mass is 15.0. The van der Waals surface area contributed by atoms with Crippen LogP contribution >= 0.6 is 0 Å². The van der Waals surface area contributed by atoms with E-state index in [1.807, 2.05) is 54.6 Å². The van der Waals surface area contributed by atoms with Gasteiger partial charge in [0.15, 0.2) is 5.69 Å². The Labute approximate surface area is 288 Å². The molecule has 230 valence electrons. The molecule has 0 amide bonds. The van der Waals surface area contributed by atoms with E-state index in [9.17, 15) is 5.26 Å². The fraction of sp³-hybridized carbons (Fsp3) is 0. The van der Waals surface area contributed by atoms with Crippen molar-refractivity contribution in [3.8, 4) is 39.7 Å². The molecule has 5 heteroatoms. The lowest BCUT2D eigenvalue weighted by atomic mass is 9.92. The molecule has 0 saturated carbocycles. The lowest BCUT2D eigenvalue weighted by Gasteiger charge is -2.18. The molecule has 0 aliphatic carbocycles. The molecule has 9 rings (SSSR count). The van der Waals surface area contributed by atoms with E-state index in [1.54, 1.807) is 0 Å². The number of benzene rings is 7. The number of aromatic nitrogens is 2. The van der Waals surface area contributed by atoms with Gasteiger partial charge in [-0.05, 0) is 76.2 Å². The van der Waals surface area contributed by atoms with Crippen molar-refractivity contribution < 1.29 is 0 Å². The molecule has 0 bridgehead atoms. The largest absolute Gasteiger partial charge is 0.319 e. The molecule has 0 atom stereocenters. The van der Waals surface area contributed by atoms with Gasteiger partial charge in [0.2, 0.25) is 5.69 Å². The van der Waals surface area contributed by atoms with E-state index in [0.29, 0.717) is 16.9 Å². The number of rotatable bonds is 4. The summed E-state index contributed by atoms with van der Waals surface area (Å²) in [4.78, 5) is 7.88. The second kappa shape index (κ2) is 11.4. The molecule has 2 aromatic heterocycles. The summed E-state index contributed by atoms with van der Waals surface area (Å²) in [7, 11) is 0. The van der Waals surface area contributed by atoms with E-state index in [-0.39, 0.29) is 0 Å². The maximum absolute atomic E-state index is 9.61. The standard InChI is InChI=1S/C45H25N5/c1-47-38-16-9-14-32(44(38)36-13-5-8-20-42(36)50-40-18-6-3-11-33(40)34-12-4-7-19-41(34)50)30-22-24-31(25-23-30)49-43-26-21-29(28-46)27-37(43)35-15-10-17-39(48-2)45(35)49/h3-27H. The van der Waals surface area contributed by atoms with Crippen LogP contribution < -0.4 is 0 Å². The van der Waals surface area contributed by atoms with Crippen LogP contribution in [0.5, 0.6) is 0 Å². The van der Waals surface area contributed by atoms with E-state index in [2.05, 4.69) is 122 Å². The molecule has 0 N–H and O–H groups in total. The number of hydrogen-bond donors (Lipinski definition) is 0. The van der Waals surface area contributed by atoms with Gasteiger partial charge in [-0.3, -0.25) is 0 Å². The molecule has 5 nitrogen and oxygen atoms in total. The first-order chi connectivity index (χ1) is 24.7. The van der Waals surface area contributed by atoms with Crippen molar-refractivity contribution in [3.63, 3.8) is 0 Å². The average Bonchev–Trinajstić information content (AvgIpc) is 3.70. The average molecular weight is 636 g/mol. The first-order valence-electron chi connectivity index (χ1n) is 16.2. The van der Waals surface area contributed by atoms with Gasteiger partial charge in [-0.25, -0.2) is 9.69 Å². The Morgan fingerprint density at radius 2 is 1.10 bits per heavy atom. The van der Waals surface area contributed by atoms with Crippen LogP contribution in [0.3, 0.4) is 0 Å². The normalized spacial score (nSPS) is 11.1. The fourth-order valence-electron chi connectivity index (χ4n) is 7.49. The van der Waals surface area contributed by atoms with E-state index < -0.39 is 0 Å². The Bertz CT molecular complexity index is 2900. The van der Waals surface area contributed by atoms with Crippen molar-refractivity contribution >= 4 is 55.0 Å². The SMILES string of the molecule is [C-]#[N+]c1cccc(-c2ccc(-n3c4ccc(C#N)cc4c4cccc([N+]#[C-])c43)cc2)c1-c1ccccc1-n1c2ccccc2c2ccccc21. The fourth-order valence-corrected chi connectivity index (χ4v) is 7.49. The second-order valence-electron chi connectivity index (χ2n) is 12.2. The van der Waals surface area contributed by atoms with Crippen molar-refractivity contribution in [2.45, 2.75) is 0 Å². The Hall–Kier alpha value is -7.39. The Kier molecular flexibility index (Phi) is 6.56. The lowest BCUT2D eigenvalue weighted by Crippen LogP contribution is -1.98. The van der Waals surface area contributed by atoms with Gasteiger partial charge in [-0.15, -0.1) is 0 Å². The number of nitriles is 1. The van der Waals surface area contributed by atoms with Gasteiger partial charge in [0.25, 0.3) is 0 Å². The third-order valence-corrected chi connectivity index (χ3v) is 9.61. The van der Waals surface area contributed by atoms with Crippen molar-refractivity contribution in [3.05, 3.63) is 180 Å². The van der Waals surface area contributed by atoms with Crippen LogP contribution in [0.4, 0.5) is 11.4 Å². The van der Waals surface area contributed by atoms with Crippen LogP contribution in [0.2, 0.25) is 0 Å². The van der Waals surface area contributed by atoms with Gasteiger partial charge in [0, 0.05) is 21.8 Å². The molecule has 0 radical (unpaired) electrons. The van der Waals surface area contributed by atoms with Gasteiger partial charge < -0.3 is 9.13 Å². The Morgan fingerprint density at radius 1 is 0.500 bits per heavy atom. The van der Waals surface area contributed by atoms with Crippen molar-refractivity contribution in [2.24, 2.45) is 0 Å². The molecular formula is C45H25N5. The molecule has 0 unspecified atom stereocenters. The topological polar surface area (TPSA) is 42.4 Å². The van der Waals surface area contributed by atoms with E-state index in [1.165, 1.54) is 10.8 Å². The van der Waals surface area contributed by atoms with Gasteiger partial charge in [-0.2, -0.15) is 5.26 Å². The summed E-state index contributed by atoms with van der Waals surface area (Å²) in [5, 5.41) is 13.8. The summed E-state index contributed by atoms with van der Waals surface area (Å²) in [6.07, 6.45) is 0. The molecule has 50 heavy (non-hydrogen) atoms. The zero-order chi connectivity index (χ0) is 33.8. The highest BCUT2D eigenvalue weighted by Gasteiger charge is 2.20. The maximum atomic E-state index is 9.61.